The number of hydrogen-bond donors (Lipinski definition) is 1. The predicted molar refractivity (Wildman–Crippen MR) is 147 cm³/mol. The highest BCUT2D eigenvalue weighted by Crippen LogP contribution is 2.39. The Kier molecular flexibility index (Phi) is 8.67. The molecule has 0 aliphatic heterocycles. The van der Waals surface area contributed by atoms with Crippen molar-refractivity contribution in [2.45, 2.75) is 39.7 Å². The van der Waals surface area contributed by atoms with Gasteiger partial charge in [-0.3, -0.25) is 14.4 Å². The van der Waals surface area contributed by atoms with Gasteiger partial charge in [-0.2, -0.15) is 4.99 Å². The van der Waals surface area contributed by atoms with Crippen LogP contribution in [0.5, 0.6) is 0 Å². The maximum absolute atomic E-state index is 12.7. The summed E-state index contributed by atoms with van der Waals surface area (Å²) >= 11 is 2.36. The summed E-state index contributed by atoms with van der Waals surface area (Å²) in [5.41, 5.74) is 2.67. The molecule has 11 nitrogen and oxygen atoms in total. The smallest absolute Gasteiger partial charge is 0.341 e. The van der Waals surface area contributed by atoms with E-state index in [0.29, 0.717) is 11.9 Å². The van der Waals surface area contributed by atoms with Gasteiger partial charge in [0.25, 0.3) is 5.91 Å². The number of ether oxygens (including phenoxy) is 2. The van der Waals surface area contributed by atoms with Crippen molar-refractivity contribution in [1.82, 2.24) is 4.57 Å². The van der Waals surface area contributed by atoms with E-state index in [4.69, 9.17) is 9.47 Å². The zero-order chi connectivity index (χ0) is 28.3. The summed E-state index contributed by atoms with van der Waals surface area (Å²) in [5, 5.41) is 2.74. The number of sulfone groups is 1. The predicted octanol–water partition coefficient (Wildman–Crippen LogP) is 2.39. The van der Waals surface area contributed by atoms with Crippen LogP contribution in [-0.2, 0) is 53.1 Å². The molecule has 2 amide bonds. The van der Waals surface area contributed by atoms with Crippen molar-refractivity contribution in [3.8, 4) is 0 Å². The number of nitrogens with one attached hydrogen (secondary N) is 1. The summed E-state index contributed by atoms with van der Waals surface area (Å²) in [6.45, 7) is 3.55. The lowest BCUT2D eigenvalue weighted by molar-refractivity contribution is -0.143. The number of nitrogens with zero attached hydrogens (tertiary/aromatic N) is 2. The summed E-state index contributed by atoms with van der Waals surface area (Å²) in [7, 11) is -2.96. The Morgan fingerprint density at radius 1 is 1.13 bits per heavy atom. The van der Waals surface area contributed by atoms with E-state index in [0.717, 1.165) is 44.9 Å². The summed E-state index contributed by atoms with van der Waals surface area (Å²) in [6, 6.07) is 5.50. The van der Waals surface area contributed by atoms with Crippen LogP contribution in [0.3, 0.4) is 0 Å². The lowest BCUT2D eigenvalue weighted by Crippen LogP contribution is -2.29. The van der Waals surface area contributed by atoms with E-state index in [1.165, 1.54) is 23.0 Å². The molecular formula is C25H27N3O8S3. The number of methoxy groups -OCH3 is 1. The van der Waals surface area contributed by atoms with Gasteiger partial charge < -0.3 is 19.4 Å². The highest BCUT2D eigenvalue weighted by atomic mass is 32.2. The summed E-state index contributed by atoms with van der Waals surface area (Å²) in [6.07, 6.45) is 2.33. The van der Waals surface area contributed by atoms with Gasteiger partial charge in [0.05, 0.1) is 29.5 Å². The number of thiophene rings is 1. The van der Waals surface area contributed by atoms with Gasteiger partial charge in [-0.1, -0.05) is 17.4 Å². The van der Waals surface area contributed by atoms with E-state index in [-0.39, 0.29) is 28.5 Å². The van der Waals surface area contributed by atoms with Crippen LogP contribution in [0.15, 0.2) is 23.2 Å². The SMILES string of the molecule is CCOC(=O)Cn1c(=NC(=O)CS(=O)(=O)CC(=O)Nc2sc3c(c2C(=O)OC)CCC3)sc2cc(C)ccc21. The lowest BCUT2D eigenvalue weighted by Gasteiger charge is -2.07. The molecule has 0 atom stereocenters. The zero-order valence-electron chi connectivity index (χ0n) is 21.6. The molecule has 0 bridgehead atoms. The number of rotatable bonds is 9. The fourth-order valence-electron chi connectivity index (χ4n) is 4.31. The Labute approximate surface area is 232 Å². The molecule has 208 valence electrons. The molecule has 0 fully saturated rings. The number of amides is 2. The van der Waals surface area contributed by atoms with Crippen molar-refractivity contribution in [2.75, 3.05) is 30.5 Å². The van der Waals surface area contributed by atoms with Crippen LogP contribution < -0.4 is 10.1 Å². The molecule has 2 aromatic heterocycles. The van der Waals surface area contributed by atoms with E-state index >= 15 is 0 Å². The van der Waals surface area contributed by atoms with E-state index in [9.17, 15) is 27.6 Å². The van der Waals surface area contributed by atoms with Crippen LogP contribution in [-0.4, -0.2) is 62.0 Å². The van der Waals surface area contributed by atoms with Crippen molar-refractivity contribution in [3.63, 3.8) is 0 Å². The molecule has 14 heteroatoms. The Hall–Kier alpha value is -3.36. The van der Waals surface area contributed by atoms with Crippen LogP contribution in [0.4, 0.5) is 5.00 Å². The third-order valence-electron chi connectivity index (χ3n) is 5.91. The molecule has 0 radical (unpaired) electrons. The maximum atomic E-state index is 12.7. The second kappa shape index (κ2) is 11.8. The molecule has 2 heterocycles. The number of aryl methyl sites for hydroxylation is 2. The molecule has 1 aromatic carbocycles. The van der Waals surface area contributed by atoms with Gasteiger partial charge in [0.15, 0.2) is 14.6 Å². The summed E-state index contributed by atoms with van der Waals surface area (Å²) < 4.78 is 37.5. The standard InChI is InChI=1S/C25H27N3O8S3/c1-4-36-21(31)11-28-16-9-8-14(2)10-18(16)38-25(28)27-20(30)13-39(33,34)12-19(29)26-23-22(24(32)35-3)15-6-5-7-17(15)37-23/h8-10H,4-7,11-13H2,1-3H3,(H,26,29). The molecule has 0 saturated carbocycles. The maximum Gasteiger partial charge on any atom is 0.341 e. The molecule has 39 heavy (non-hydrogen) atoms. The average molecular weight is 594 g/mol. The van der Waals surface area contributed by atoms with Gasteiger partial charge in [-0.15, -0.1) is 11.3 Å². The highest BCUT2D eigenvalue weighted by molar-refractivity contribution is 7.92. The minimum atomic E-state index is -4.20. The normalized spacial score (nSPS) is 13.4. The highest BCUT2D eigenvalue weighted by Gasteiger charge is 2.29. The fraction of sp³-hybridized carbons (Fsp3) is 0.400. The number of benzene rings is 1. The van der Waals surface area contributed by atoms with Gasteiger partial charge >= 0.3 is 11.9 Å². The van der Waals surface area contributed by atoms with E-state index in [1.54, 1.807) is 13.0 Å². The van der Waals surface area contributed by atoms with Crippen molar-refractivity contribution < 1.29 is 37.1 Å². The first-order valence-corrected chi connectivity index (χ1v) is 15.5. The van der Waals surface area contributed by atoms with Gasteiger partial charge in [0, 0.05) is 4.88 Å². The lowest BCUT2D eigenvalue weighted by atomic mass is 10.1. The number of fused-ring (bicyclic) bond motifs is 2. The number of hydrogen-bond acceptors (Lipinski definition) is 10. The molecule has 1 aliphatic carbocycles. The van der Waals surface area contributed by atoms with Gasteiger partial charge in [0.1, 0.15) is 23.1 Å². The van der Waals surface area contributed by atoms with Crippen LogP contribution in [0, 0.1) is 6.92 Å². The number of aromatic nitrogens is 1. The van der Waals surface area contributed by atoms with Gasteiger partial charge in [-0.05, 0) is 56.4 Å². The minimum Gasteiger partial charge on any atom is -0.465 e. The molecule has 3 aromatic rings. The molecule has 1 N–H and O–H groups in total. The summed E-state index contributed by atoms with van der Waals surface area (Å²) in [5.74, 6) is -4.95. The van der Waals surface area contributed by atoms with Gasteiger partial charge in [-0.25, -0.2) is 13.2 Å². The molecule has 0 spiro atoms. The Balaban J connectivity index is 1.52. The van der Waals surface area contributed by atoms with Crippen molar-refractivity contribution in [3.05, 3.63) is 44.6 Å². The van der Waals surface area contributed by atoms with Gasteiger partial charge in [0.2, 0.25) is 5.91 Å². The van der Waals surface area contributed by atoms with Crippen LogP contribution in [0.25, 0.3) is 10.2 Å². The number of esters is 2. The Morgan fingerprint density at radius 2 is 1.90 bits per heavy atom. The second-order valence-corrected chi connectivity index (χ2v) is 13.1. The van der Waals surface area contributed by atoms with Crippen LogP contribution in [0.2, 0.25) is 0 Å². The molecule has 0 saturated heterocycles. The number of carbonyl (C=O) groups is 4. The monoisotopic (exact) mass is 593 g/mol. The first kappa shape index (κ1) is 28.6. The molecule has 0 unspecified atom stereocenters. The third-order valence-corrected chi connectivity index (χ3v) is 9.55. The third kappa shape index (κ3) is 6.62. The Bertz CT molecular complexity index is 1650. The van der Waals surface area contributed by atoms with Crippen molar-refractivity contribution in [1.29, 1.82) is 0 Å². The quantitative estimate of drug-likeness (QED) is 0.372. The number of carbonyl (C=O) groups excluding carboxylic acids is 4. The van der Waals surface area contributed by atoms with Crippen molar-refractivity contribution in [2.24, 2.45) is 4.99 Å². The fourth-order valence-corrected chi connectivity index (χ4v) is 7.76. The summed E-state index contributed by atoms with van der Waals surface area (Å²) in [4.78, 5) is 54.8. The van der Waals surface area contributed by atoms with Crippen LogP contribution >= 0.6 is 22.7 Å². The second-order valence-electron chi connectivity index (χ2n) is 8.89. The first-order chi connectivity index (χ1) is 18.5. The van der Waals surface area contributed by atoms with Crippen LogP contribution in [0.1, 0.15) is 39.7 Å². The average Bonchev–Trinajstić information content (AvgIpc) is 3.51. The molecular weight excluding hydrogens is 566 g/mol. The number of thiazole rings is 1. The van der Waals surface area contributed by atoms with E-state index in [1.807, 2.05) is 19.1 Å². The van der Waals surface area contributed by atoms with E-state index in [2.05, 4.69) is 10.3 Å². The van der Waals surface area contributed by atoms with Crippen molar-refractivity contribution >= 4 is 71.5 Å². The first-order valence-electron chi connectivity index (χ1n) is 12.1. The molecule has 4 rings (SSSR count). The molecule has 1 aliphatic rings. The Morgan fingerprint density at radius 3 is 2.62 bits per heavy atom. The zero-order valence-corrected chi connectivity index (χ0v) is 24.0. The minimum absolute atomic E-state index is 0.143. The number of anilines is 1. The largest absolute Gasteiger partial charge is 0.465 e. The van der Waals surface area contributed by atoms with E-state index < -0.39 is 45.1 Å². The topological polar surface area (TPSA) is 150 Å².